The number of aromatic amines is 2. The van der Waals surface area contributed by atoms with Crippen molar-refractivity contribution < 1.29 is 0 Å². The molecule has 0 spiro atoms. The molecule has 1 heterocycles. The summed E-state index contributed by atoms with van der Waals surface area (Å²) in [6, 6.07) is 7.94. The van der Waals surface area contributed by atoms with Crippen LogP contribution in [-0.4, -0.2) is 30.6 Å². The summed E-state index contributed by atoms with van der Waals surface area (Å²) in [7, 11) is 4.07. The van der Waals surface area contributed by atoms with Crippen LogP contribution in [0.4, 0.5) is 11.5 Å². The largest absolute Gasteiger partial charge is 0.378 e. The molecule has 0 amide bonds. The molecule has 116 valence electrons. The van der Waals surface area contributed by atoms with E-state index in [2.05, 4.69) is 38.4 Å². The van der Waals surface area contributed by atoms with Crippen LogP contribution in [0.2, 0.25) is 0 Å². The number of hydrogen-bond donors (Lipinski definition) is 3. The Hall–Kier alpha value is -2.50. The summed E-state index contributed by atoms with van der Waals surface area (Å²) in [6.07, 6.45) is 2.15. The van der Waals surface area contributed by atoms with E-state index in [0.717, 1.165) is 12.8 Å². The number of aromatic nitrogens is 2. The third-order valence-corrected chi connectivity index (χ3v) is 4.15. The maximum Gasteiger partial charge on any atom is 0.327 e. The third kappa shape index (κ3) is 2.90. The summed E-state index contributed by atoms with van der Waals surface area (Å²) < 4.78 is 0. The number of rotatable bonds is 4. The molecular weight excluding hydrogens is 280 g/mol. The van der Waals surface area contributed by atoms with Crippen molar-refractivity contribution in [1.29, 1.82) is 0 Å². The second-order valence-electron chi connectivity index (χ2n) is 5.90. The molecule has 0 aliphatic heterocycles. The molecule has 1 aromatic heterocycles. The van der Waals surface area contributed by atoms with Crippen molar-refractivity contribution in [3.63, 3.8) is 0 Å². The fourth-order valence-corrected chi connectivity index (χ4v) is 2.96. The Bertz CT molecular complexity index is 763. The molecule has 0 saturated carbocycles. The number of benzene rings is 1. The standard InChI is InChI=1S/C16H20N4O2/c1-20(2)12-6-5-10-3-4-11(13(10)7-12)9-17-14-8-15(21)19-16(22)18-14/h5-8,11H,3-4,9H2,1-2H3,(H3,17,18,19,21,22). The van der Waals surface area contributed by atoms with Crippen LogP contribution < -0.4 is 21.5 Å². The molecule has 0 bridgehead atoms. The Kier molecular flexibility index (Phi) is 3.75. The number of H-pyrrole nitrogens is 2. The van der Waals surface area contributed by atoms with Crippen LogP contribution >= 0.6 is 0 Å². The first kappa shape index (κ1) is 14.4. The van der Waals surface area contributed by atoms with Crippen molar-refractivity contribution in [2.75, 3.05) is 30.9 Å². The first-order chi connectivity index (χ1) is 10.5. The highest BCUT2D eigenvalue weighted by molar-refractivity contribution is 5.53. The zero-order valence-electron chi connectivity index (χ0n) is 12.8. The molecule has 22 heavy (non-hydrogen) atoms. The quantitative estimate of drug-likeness (QED) is 0.794. The molecule has 3 rings (SSSR count). The van der Waals surface area contributed by atoms with Crippen molar-refractivity contribution >= 4 is 11.5 Å². The fourth-order valence-electron chi connectivity index (χ4n) is 2.96. The Balaban J connectivity index is 1.77. The molecule has 1 aliphatic rings. The molecule has 6 heteroatoms. The SMILES string of the molecule is CN(C)c1ccc2c(c1)C(CNc1cc(=O)[nH]c(=O)[nH]1)CC2. The van der Waals surface area contributed by atoms with Gasteiger partial charge in [0.1, 0.15) is 5.82 Å². The van der Waals surface area contributed by atoms with Gasteiger partial charge in [0.05, 0.1) is 0 Å². The minimum atomic E-state index is -0.489. The maximum atomic E-state index is 11.3. The van der Waals surface area contributed by atoms with E-state index in [1.165, 1.54) is 22.9 Å². The molecule has 2 aromatic rings. The van der Waals surface area contributed by atoms with E-state index < -0.39 is 11.2 Å². The summed E-state index contributed by atoms with van der Waals surface area (Å²) in [5, 5.41) is 3.17. The van der Waals surface area contributed by atoms with Gasteiger partial charge in [-0.05, 0) is 36.1 Å². The lowest BCUT2D eigenvalue weighted by Crippen LogP contribution is -2.24. The molecule has 0 saturated heterocycles. The van der Waals surface area contributed by atoms with Crippen LogP contribution in [0, 0.1) is 0 Å². The van der Waals surface area contributed by atoms with Gasteiger partial charge in [0.2, 0.25) is 0 Å². The lowest BCUT2D eigenvalue weighted by atomic mass is 10.0. The topological polar surface area (TPSA) is 81.0 Å². The second-order valence-corrected chi connectivity index (χ2v) is 5.90. The van der Waals surface area contributed by atoms with Crippen LogP contribution in [0.5, 0.6) is 0 Å². The van der Waals surface area contributed by atoms with Gasteiger partial charge in [-0.2, -0.15) is 0 Å². The normalized spacial score (nSPS) is 16.4. The second kappa shape index (κ2) is 5.71. The molecular formula is C16H20N4O2. The number of nitrogens with zero attached hydrogens (tertiary/aromatic N) is 1. The molecule has 3 N–H and O–H groups in total. The molecule has 6 nitrogen and oxygen atoms in total. The summed E-state index contributed by atoms with van der Waals surface area (Å²) in [4.78, 5) is 29.4. The van der Waals surface area contributed by atoms with Crippen molar-refractivity contribution in [3.05, 3.63) is 56.2 Å². The van der Waals surface area contributed by atoms with Gasteiger partial charge in [0, 0.05) is 38.3 Å². The average molecular weight is 300 g/mol. The lowest BCUT2D eigenvalue weighted by Gasteiger charge is -2.17. The van der Waals surface area contributed by atoms with E-state index in [1.54, 1.807) is 0 Å². The van der Waals surface area contributed by atoms with Gasteiger partial charge in [0.15, 0.2) is 0 Å². The molecule has 1 unspecified atom stereocenters. The smallest absolute Gasteiger partial charge is 0.327 e. The van der Waals surface area contributed by atoms with E-state index in [-0.39, 0.29) is 0 Å². The van der Waals surface area contributed by atoms with Crippen molar-refractivity contribution in [1.82, 2.24) is 9.97 Å². The van der Waals surface area contributed by atoms with Crippen molar-refractivity contribution in [3.8, 4) is 0 Å². The van der Waals surface area contributed by atoms with Crippen LogP contribution in [-0.2, 0) is 6.42 Å². The molecule has 1 aromatic carbocycles. The summed E-state index contributed by atoms with van der Waals surface area (Å²) >= 11 is 0. The highest BCUT2D eigenvalue weighted by Gasteiger charge is 2.22. The third-order valence-electron chi connectivity index (χ3n) is 4.15. The zero-order valence-corrected chi connectivity index (χ0v) is 12.8. The summed E-state index contributed by atoms with van der Waals surface area (Å²) in [5.74, 6) is 0.851. The molecule has 0 radical (unpaired) electrons. The molecule has 0 fully saturated rings. The highest BCUT2D eigenvalue weighted by Crippen LogP contribution is 2.35. The van der Waals surface area contributed by atoms with E-state index >= 15 is 0 Å². The molecule has 1 atom stereocenters. The van der Waals surface area contributed by atoms with Crippen LogP contribution in [0.25, 0.3) is 0 Å². The van der Waals surface area contributed by atoms with E-state index in [4.69, 9.17) is 0 Å². The summed E-state index contributed by atoms with van der Waals surface area (Å²) in [6.45, 7) is 0.698. The monoisotopic (exact) mass is 300 g/mol. The Labute approximate surface area is 128 Å². The van der Waals surface area contributed by atoms with E-state index in [0.29, 0.717) is 18.3 Å². The predicted octanol–water partition coefficient (Wildman–Crippen LogP) is 1.27. The van der Waals surface area contributed by atoms with Gasteiger partial charge < -0.3 is 10.2 Å². The maximum absolute atomic E-state index is 11.3. The minimum absolute atomic E-state index is 0.387. The van der Waals surface area contributed by atoms with Crippen molar-refractivity contribution in [2.45, 2.75) is 18.8 Å². The van der Waals surface area contributed by atoms with Gasteiger partial charge >= 0.3 is 5.69 Å². The van der Waals surface area contributed by atoms with Crippen LogP contribution in [0.1, 0.15) is 23.5 Å². The van der Waals surface area contributed by atoms with Gasteiger partial charge in [-0.1, -0.05) is 6.07 Å². The van der Waals surface area contributed by atoms with Gasteiger partial charge in [-0.3, -0.25) is 14.8 Å². The number of fused-ring (bicyclic) bond motifs is 1. The van der Waals surface area contributed by atoms with E-state index in [9.17, 15) is 9.59 Å². The number of hydrogen-bond acceptors (Lipinski definition) is 4. The van der Waals surface area contributed by atoms with Gasteiger partial charge in [0.25, 0.3) is 5.56 Å². The van der Waals surface area contributed by atoms with Crippen molar-refractivity contribution in [2.24, 2.45) is 0 Å². The number of nitrogens with one attached hydrogen (secondary N) is 3. The summed E-state index contributed by atoms with van der Waals surface area (Å²) in [5.41, 5.74) is 3.04. The number of anilines is 2. The Morgan fingerprint density at radius 2 is 2.05 bits per heavy atom. The van der Waals surface area contributed by atoms with Crippen LogP contribution in [0.3, 0.4) is 0 Å². The minimum Gasteiger partial charge on any atom is -0.378 e. The highest BCUT2D eigenvalue weighted by atomic mass is 16.2. The Morgan fingerprint density at radius 3 is 2.77 bits per heavy atom. The number of aryl methyl sites for hydroxylation is 1. The van der Waals surface area contributed by atoms with Gasteiger partial charge in [-0.25, -0.2) is 4.79 Å². The lowest BCUT2D eigenvalue weighted by molar-refractivity contribution is 0.706. The Morgan fingerprint density at radius 1 is 1.23 bits per heavy atom. The first-order valence-corrected chi connectivity index (χ1v) is 7.40. The predicted molar refractivity (Wildman–Crippen MR) is 88.0 cm³/mol. The van der Waals surface area contributed by atoms with E-state index in [1.807, 2.05) is 14.1 Å². The fraction of sp³-hybridized carbons (Fsp3) is 0.375. The van der Waals surface area contributed by atoms with Crippen LogP contribution in [0.15, 0.2) is 33.9 Å². The first-order valence-electron chi connectivity index (χ1n) is 7.40. The zero-order chi connectivity index (χ0) is 15.7. The average Bonchev–Trinajstić information content (AvgIpc) is 2.86. The molecule has 1 aliphatic carbocycles. The van der Waals surface area contributed by atoms with Gasteiger partial charge in [-0.15, -0.1) is 0 Å².